The molecule has 0 aliphatic heterocycles. The molecule has 1 heteroatoms. The van der Waals surface area contributed by atoms with Crippen molar-refractivity contribution in [3.63, 3.8) is 0 Å². The van der Waals surface area contributed by atoms with Gasteiger partial charge < -0.3 is 4.98 Å². The molecule has 0 aliphatic rings. The number of H-pyrrole nitrogens is 1. The Kier molecular flexibility index (Phi) is 2.17. The number of hydrogen-bond acceptors (Lipinski definition) is 0. The van der Waals surface area contributed by atoms with Gasteiger partial charge in [0.2, 0.25) is 0 Å². The second-order valence-electron chi connectivity index (χ2n) is 3.09. The molecule has 0 amide bonds. The normalized spacial score (nSPS) is 10.2. The van der Waals surface area contributed by atoms with Gasteiger partial charge in [-0.3, -0.25) is 0 Å². The van der Waals surface area contributed by atoms with Crippen molar-refractivity contribution in [2.75, 3.05) is 0 Å². The Hall–Kier alpha value is -1.50. The molecule has 2 rings (SSSR count). The summed E-state index contributed by atoms with van der Waals surface area (Å²) in [6.45, 7) is 2.16. The summed E-state index contributed by atoms with van der Waals surface area (Å²) in [5.41, 5.74) is 3.93. The van der Waals surface area contributed by atoms with Crippen molar-refractivity contribution < 1.29 is 0 Å². The van der Waals surface area contributed by atoms with Gasteiger partial charge in [-0.1, -0.05) is 37.3 Å². The van der Waals surface area contributed by atoms with Gasteiger partial charge in [0.1, 0.15) is 0 Å². The molecule has 0 saturated heterocycles. The van der Waals surface area contributed by atoms with E-state index in [2.05, 4.69) is 42.2 Å². The highest BCUT2D eigenvalue weighted by Crippen LogP contribution is 2.22. The first-order chi connectivity index (χ1) is 6.42. The number of aryl methyl sites for hydroxylation is 1. The van der Waals surface area contributed by atoms with Crippen LogP contribution in [0.3, 0.4) is 0 Å². The van der Waals surface area contributed by atoms with Crippen LogP contribution in [0.15, 0.2) is 42.6 Å². The van der Waals surface area contributed by atoms with E-state index >= 15 is 0 Å². The molecule has 13 heavy (non-hydrogen) atoms. The van der Waals surface area contributed by atoms with Gasteiger partial charge in [-0.25, -0.2) is 0 Å². The number of rotatable bonds is 2. The van der Waals surface area contributed by atoms with Gasteiger partial charge >= 0.3 is 0 Å². The topological polar surface area (TPSA) is 15.8 Å². The van der Waals surface area contributed by atoms with E-state index in [-0.39, 0.29) is 0 Å². The Bertz CT molecular complexity index is 373. The largest absolute Gasteiger partial charge is 0.364 e. The van der Waals surface area contributed by atoms with Crippen LogP contribution in [0.4, 0.5) is 0 Å². The first-order valence-electron chi connectivity index (χ1n) is 4.63. The van der Waals surface area contributed by atoms with E-state index in [1.54, 1.807) is 0 Å². The van der Waals surface area contributed by atoms with Crippen molar-refractivity contribution in [3.05, 3.63) is 48.3 Å². The molecule has 1 N–H and O–H groups in total. The Morgan fingerprint density at radius 1 is 1.08 bits per heavy atom. The lowest BCUT2D eigenvalue weighted by Gasteiger charge is -2.00. The standard InChI is InChI=1S/C12H13N/c1-2-12-11(8-9-13-12)10-6-4-3-5-7-10/h3-9,13H,2H2,1H3. The van der Waals surface area contributed by atoms with Crippen molar-refractivity contribution >= 4 is 0 Å². The number of benzene rings is 1. The van der Waals surface area contributed by atoms with Crippen LogP contribution in [0.2, 0.25) is 0 Å². The Morgan fingerprint density at radius 2 is 1.85 bits per heavy atom. The Labute approximate surface area is 78.4 Å². The van der Waals surface area contributed by atoms with Crippen LogP contribution in [0.25, 0.3) is 11.1 Å². The molecule has 0 unspecified atom stereocenters. The molecule has 0 aliphatic carbocycles. The maximum Gasteiger partial charge on any atom is 0.0223 e. The summed E-state index contributed by atoms with van der Waals surface area (Å²) in [5.74, 6) is 0. The van der Waals surface area contributed by atoms with Gasteiger partial charge in [-0.15, -0.1) is 0 Å². The molecule has 2 aromatic rings. The minimum Gasteiger partial charge on any atom is -0.364 e. The first kappa shape index (κ1) is 8.11. The molecule has 0 atom stereocenters. The molecule has 0 saturated carbocycles. The van der Waals surface area contributed by atoms with Crippen molar-refractivity contribution in [3.8, 4) is 11.1 Å². The van der Waals surface area contributed by atoms with E-state index in [1.807, 2.05) is 12.3 Å². The summed E-state index contributed by atoms with van der Waals surface area (Å²) in [5, 5.41) is 0. The summed E-state index contributed by atoms with van der Waals surface area (Å²) < 4.78 is 0. The minimum atomic E-state index is 1.05. The third-order valence-corrected chi connectivity index (χ3v) is 2.27. The summed E-state index contributed by atoms with van der Waals surface area (Å²) in [7, 11) is 0. The zero-order valence-electron chi connectivity index (χ0n) is 7.75. The number of hydrogen-bond donors (Lipinski definition) is 1. The van der Waals surface area contributed by atoms with Crippen LogP contribution in [0.1, 0.15) is 12.6 Å². The number of nitrogens with one attached hydrogen (secondary N) is 1. The average Bonchev–Trinajstić information content (AvgIpc) is 2.67. The molecule has 0 fully saturated rings. The van der Waals surface area contributed by atoms with Crippen molar-refractivity contribution in [1.82, 2.24) is 4.98 Å². The fraction of sp³-hybridized carbons (Fsp3) is 0.167. The zero-order chi connectivity index (χ0) is 9.10. The van der Waals surface area contributed by atoms with E-state index in [4.69, 9.17) is 0 Å². The van der Waals surface area contributed by atoms with Crippen LogP contribution < -0.4 is 0 Å². The summed E-state index contributed by atoms with van der Waals surface area (Å²) in [6.07, 6.45) is 3.05. The molecule has 1 aromatic heterocycles. The van der Waals surface area contributed by atoms with Gasteiger partial charge in [-0.2, -0.15) is 0 Å². The molecule has 0 radical (unpaired) electrons. The fourth-order valence-electron chi connectivity index (χ4n) is 1.58. The second-order valence-corrected chi connectivity index (χ2v) is 3.09. The predicted octanol–water partition coefficient (Wildman–Crippen LogP) is 3.24. The minimum absolute atomic E-state index is 1.05. The lowest BCUT2D eigenvalue weighted by molar-refractivity contribution is 1.07. The SMILES string of the molecule is CCc1[nH]ccc1-c1ccccc1. The Morgan fingerprint density at radius 3 is 2.54 bits per heavy atom. The van der Waals surface area contributed by atoms with Crippen LogP contribution in [-0.4, -0.2) is 4.98 Å². The van der Waals surface area contributed by atoms with Crippen LogP contribution in [0, 0.1) is 0 Å². The summed E-state index contributed by atoms with van der Waals surface area (Å²) >= 11 is 0. The average molecular weight is 171 g/mol. The number of aromatic nitrogens is 1. The Balaban J connectivity index is 2.47. The van der Waals surface area contributed by atoms with Gasteiger partial charge in [0.25, 0.3) is 0 Å². The van der Waals surface area contributed by atoms with Crippen molar-refractivity contribution in [1.29, 1.82) is 0 Å². The maximum atomic E-state index is 3.25. The zero-order valence-corrected chi connectivity index (χ0v) is 7.75. The van der Waals surface area contributed by atoms with Crippen molar-refractivity contribution in [2.45, 2.75) is 13.3 Å². The van der Waals surface area contributed by atoms with E-state index in [1.165, 1.54) is 16.8 Å². The van der Waals surface area contributed by atoms with E-state index in [9.17, 15) is 0 Å². The summed E-state index contributed by atoms with van der Waals surface area (Å²) in [4.78, 5) is 3.25. The predicted molar refractivity (Wildman–Crippen MR) is 55.6 cm³/mol. The van der Waals surface area contributed by atoms with Crippen LogP contribution in [-0.2, 0) is 6.42 Å². The van der Waals surface area contributed by atoms with Gasteiger partial charge in [0.15, 0.2) is 0 Å². The van der Waals surface area contributed by atoms with E-state index in [0.29, 0.717) is 0 Å². The van der Waals surface area contributed by atoms with Crippen LogP contribution >= 0.6 is 0 Å². The third-order valence-electron chi connectivity index (χ3n) is 2.27. The lowest BCUT2D eigenvalue weighted by Crippen LogP contribution is -1.83. The number of aromatic amines is 1. The first-order valence-corrected chi connectivity index (χ1v) is 4.63. The highest BCUT2D eigenvalue weighted by atomic mass is 14.7. The molecule has 0 bridgehead atoms. The van der Waals surface area contributed by atoms with E-state index < -0.39 is 0 Å². The molecule has 1 aromatic carbocycles. The summed E-state index contributed by atoms with van der Waals surface area (Å²) in [6, 6.07) is 12.6. The molecular weight excluding hydrogens is 158 g/mol. The second kappa shape index (κ2) is 3.48. The molecule has 66 valence electrons. The molecule has 1 heterocycles. The molecular formula is C12H13N. The quantitative estimate of drug-likeness (QED) is 0.714. The van der Waals surface area contributed by atoms with Crippen molar-refractivity contribution in [2.24, 2.45) is 0 Å². The smallest absolute Gasteiger partial charge is 0.0223 e. The van der Waals surface area contributed by atoms with Gasteiger partial charge in [-0.05, 0) is 18.1 Å². The van der Waals surface area contributed by atoms with Gasteiger partial charge in [0, 0.05) is 17.5 Å². The highest BCUT2D eigenvalue weighted by Gasteiger charge is 2.02. The molecule has 1 nitrogen and oxygen atoms in total. The fourth-order valence-corrected chi connectivity index (χ4v) is 1.58. The highest BCUT2D eigenvalue weighted by molar-refractivity contribution is 5.65. The molecule has 0 spiro atoms. The lowest BCUT2D eigenvalue weighted by atomic mass is 10.1. The maximum absolute atomic E-state index is 3.25. The van der Waals surface area contributed by atoms with Crippen LogP contribution in [0.5, 0.6) is 0 Å². The van der Waals surface area contributed by atoms with Gasteiger partial charge in [0.05, 0.1) is 0 Å². The third kappa shape index (κ3) is 1.50. The van der Waals surface area contributed by atoms with E-state index in [0.717, 1.165) is 6.42 Å². The monoisotopic (exact) mass is 171 g/mol.